The molecule has 0 heterocycles. The maximum atomic E-state index is 12.3. The molecule has 144 valence electrons. The zero-order valence-electron chi connectivity index (χ0n) is 15.8. The van der Waals surface area contributed by atoms with Crippen LogP contribution >= 0.6 is 11.8 Å². The second-order valence-corrected chi connectivity index (χ2v) is 7.63. The van der Waals surface area contributed by atoms with E-state index < -0.39 is 5.82 Å². The number of amides is 1. The van der Waals surface area contributed by atoms with Crippen molar-refractivity contribution in [3.05, 3.63) is 70.8 Å². The van der Waals surface area contributed by atoms with Gasteiger partial charge in [0.25, 0.3) is 0 Å². The van der Waals surface area contributed by atoms with E-state index in [0.29, 0.717) is 5.56 Å². The van der Waals surface area contributed by atoms with E-state index in [2.05, 4.69) is 36.1 Å². The molecule has 3 nitrogen and oxygen atoms in total. The van der Waals surface area contributed by atoms with Crippen LogP contribution in [-0.4, -0.2) is 28.8 Å². The lowest BCUT2D eigenvalue weighted by Crippen LogP contribution is -2.49. The van der Waals surface area contributed by atoms with Crippen molar-refractivity contribution in [3.63, 3.8) is 0 Å². The smallest absolute Gasteiger partial charge is 0.240 e. The Labute approximate surface area is 163 Å². The minimum absolute atomic E-state index is 0.0428. The Balaban J connectivity index is 0.000000244. The van der Waals surface area contributed by atoms with Crippen molar-refractivity contribution in [2.45, 2.75) is 38.0 Å². The summed E-state index contributed by atoms with van der Waals surface area (Å²) in [6.07, 6.45) is 4.78. The van der Waals surface area contributed by atoms with Crippen molar-refractivity contribution in [2.75, 3.05) is 6.26 Å². The quantitative estimate of drug-likeness (QED) is 0.421. The van der Waals surface area contributed by atoms with Gasteiger partial charge in [-0.05, 0) is 60.9 Å². The normalized spacial score (nSPS) is 18.0. The number of fused-ring (bicyclic) bond motifs is 1. The summed E-state index contributed by atoms with van der Waals surface area (Å²) >= 11 is 1.69. The maximum Gasteiger partial charge on any atom is 0.240 e. The molecule has 0 fully saturated rings. The van der Waals surface area contributed by atoms with Crippen molar-refractivity contribution in [2.24, 2.45) is 5.10 Å². The van der Waals surface area contributed by atoms with Crippen molar-refractivity contribution < 1.29 is 13.6 Å². The molecule has 1 aliphatic carbocycles. The number of hydrogen-bond acceptors (Lipinski definition) is 3. The molecular weight excluding hydrogens is 366 g/mol. The topological polar surface area (TPSA) is 32.7 Å². The number of rotatable bonds is 3. The standard InChI is InChI=1S/C14H18N2OS.C7H6F2/c1-11(17)16(15-2)14(18-3)9-8-12-6-4-5-7-13(12)10-14;1-5-4-6(8)2-3-7(5)9/h4-7H,2,8-10H2,1,3H3;2-4H,1H3/t14-;/m1./s1. The van der Waals surface area contributed by atoms with E-state index in [1.165, 1.54) is 18.1 Å². The Morgan fingerprint density at radius 3 is 2.41 bits per heavy atom. The highest BCUT2D eigenvalue weighted by Crippen LogP contribution is 2.40. The molecule has 6 heteroatoms. The molecule has 0 unspecified atom stereocenters. The highest BCUT2D eigenvalue weighted by molar-refractivity contribution is 7.99. The van der Waals surface area contributed by atoms with Crippen LogP contribution in [0.5, 0.6) is 0 Å². The lowest BCUT2D eigenvalue weighted by molar-refractivity contribution is -0.132. The molecule has 0 bridgehead atoms. The minimum Gasteiger partial charge on any atom is -0.273 e. The molecule has 27 heavy (non-hydrogen) atoms. The molecule has 1 aliphatic rings. The van der Waals surface area contributed by atoms with E-state index in [9.17, 15) is 13.6 Å². The first kappa shape index (κ1) is 21.1. The summed E-state index contributed by atoms with van der Waals surface area (Å²) in [4.78, 5) is 11.5. The van der Waals surface area contributed by atoms with Gasteiger partial charge in [0.05, 0.1) is 0 Å². The fraction of sp³-hybridized carbons (Fsp3) is 0.333. The summed E-state index contributed by atoms with van der Waals surface area (Å²) in [5, 5.41) is 5.49. The molecule has 2 aromatic carbocycles. The number of hydrogen-bond donors (Lipinski definition) is 0. The van der Waals surface area contributed by atoms with Crippen molar-refractivity contribution in [1.29, 1.82) is 0 Å². The van der Waals surface area contributed by atoms with Gasteiger partial charge in [0.2, 0.25) is 5.91 Å². The number of hydrazone groups is 1. The van der Waals surface area contributed by atoms with Crippen molar-refractivity contribution >= 4 is 24.4 Å². The monoisotopic (exact) mass is 390 g/mol. The van der Waals surface area contributed by atoms with Gasteiger partial charge in [-0.15, -0.1) is 11.8 Å². The molecule has 0 aliphatic heterocycles. The third-order valence-corrected chi connectivity index (χ3v) is 5.98. The highest BCUT2D eigenvalue weighted by Gasteiger charge is 2.40. The number of benzene rings is 2. The lowest BCUT2D eigenvalue weighted by Gasteiger charge is -2.42. The minimum atomic E-state index is -0.395. The van der Waals surface area contributed by atoms with Crippen LogP contribution in [0.15, 0.2) is 47.6 Å². The molecule has 0 aromatic heterocycles. The Morgan fingerprint density at radius 2 is 1.89 bits per heavy atom. The summed E-state index contributed by atoms with van der Waals surface area (Å²) in [7, 11) is 0. The molecule has 1 atom stereocenters. The summed E-state index contributed by atoms with van der Waals surface area (Å²) in [5.41, 5.74) is 3.04. The van der Waals surface area contributed by atoms with E-state index in [1.807, 2.05) is 6.26 Å². The Morgan fingerprint density at radius 1 is 1.22 bits per heavy atom. The molecule has 0 saturated heterocycles. The molecule has 0 radical (unpaired) electrons. The lowest BCUT2D eigenvalue weighted by atomic mass is 9.87. The van der Waals surface area contributed by atoms with Crippen LogP contribution in [0.3, 0.4) is 0 Å². The van der Waals surface area contributed by atoms with Crippen LogP contribution < -0.4 is 0 Å². The third kappa shape index (κ3) is 4.95. The van der Waals surface area contributed by atoms with Gasteiger partial charge in [0.15, 0.2) is 0 Å². The van der Waals surface area contributed by atoms with Gasteiger partial charge < -0.3 is 0 Å². The summed E-state index contributed by atoms with van der Waals surface area (Å²) in [6, 6.07) is 11.8. The summed E-state index contributed by atoms with van der Waals surface area (Å²) in [6.45, 7) is 6.62. The van der Waals surface area contributed by atoms with E-state index >= 15 is 0 Å². The Kier molecular flexibility index (Phi) is 7.13. The molecule has 0 saturated carbocycles. The number of aryl methyl sites for hydroxylation is 2. The predicted molar refractivity (Wildman–Crippen MR) is 108 cm³/mol. The van der Waals surface area contributed by atoms with Crippen molar-refractivity contribution in [1.82, 2.24) is 5.01 Å². The van der Waals surface area contributed by atoms with Crippen LogP contribution in [-0.2, 0) is 17.6 Å². The van der Waals surface area contributed by atoms with Gasteiger partial charge in [-0.2, -0.15) is 5.10 Å². The molecule has 2 aromatic rings. The van der Waals surface area contributed by atoms with Crippen LogP contribution in [0.25, 0.3) is 0 Å². The van der Waals surface area contributed by atoms with Crippen LogP contribution in [0.2, 0.25) is 0 Å². The second kappa shape index (κ2) is 9.13. The third-order valence-electron chi connectivity index (χ3n) is 4.70. The number of halogens is 2. The molecule has 3 rings (SSSR count). The number of carbonyl (C=O) groups is 1. The van der Waals surface area contributed by atoms with E-state index in [4.69, 9.17) is 0 Å². The highest BCUT2D eigenvalue weighted by atomic mass is 32.2. The van der Waals surface area contributed by atoms with Gasteiger partial charge in [0, 0.05) is 20.1 Å². The molecule has 0 N–H and O–H groups in total. The summed E-state index contributed by atoms with van der Waals surface area (Å²) in [5.74, 6) is -0.802. The average molecular weight is 390 g/mol. The van der Waals surface area contributed by atoms with Gasteiger partial charge >= 0.3 is 0 Å². The molecular formula is C21H24F2N2OS. The Hall–Kier alpha value is -2.21. The van der Waals surface area contributed by atoms with Gasteiger partial charge in [-0.1, -0.05) is 24.3 Å². The SMILES string of the molecule is C=NN(C(C)=O)[C@@]1(SC)CCc2ccccc2C1.Cc1cc(F)ccc1F. The number of thioether (sulfide) groups is 1. The first-order valence-corrected chi connectivity index (χ1v) is 9.86. The van der Waals surface area contributed by atoms with E-state index in [1.54, 1.807) is 23.7 Å². The first-order chi connectivity index (χ1) is 12.8. The molecule has 1 amide bonds. The largest absolute Gasteiger partial charge is 0.273 e. The van der Waals surface area contributed by atoms with Crippen LogP contribution in [0.4, 0.5) is 8.78 Å². The summed E-state index contributed by atoms with van der Waals surface area (Å²) < 4.78 is 24.5. The van der Waals surface area contributed by atoms with E-state index in [0.717, 1.165) is 37.5 Å². The van der Waals surface area contributed by atoms with Crippen LogP contribution in [0, 0.1) is 18.6 Å². The number of nitrogens with zero attached hydrogens (tertiary/aromatic N) is 2. The zero-order chi connectivity index (χ0) is 20.0. The van der Waals surface area contributed by atoms with Gasteiger partial charge in [-0.3, -0.25) is 4.79 Å². The van der Waals surface area contributed by atoms with Crippen molar-refractivity contribution in [3.8, 4) is 0 Å². The Bertz CT molecular complexity index is 828. The average Bonchev–Trinajstić information content (AvgIpc) is 2.65. The van der Waals surface area contributed by atoms with E-state index in [-0.39, 0.29) is 16.6 Å². The fourth-order valence-corrected chi connectivity index (χ4v) is 4.22. The zero-order valence-corrected chi connectivity index (χ0v) is 16.7. The second-order valence-electron chi connectivity index (χ2n) is 6.46. The van der Waals surface area contributed by atoms with Gasteiger partial charge in [0.1, 0.15) is 16.5 Å². The maximum absolute atomic E-state index is 12.3. The first-order valence-electron chi connectivity index (χ1n) is 8.64. The fourth-order valence-electron chi connectivity index (χ4n) is 3.25. The molecule has 0 spiro atoms. The predicted octanol–water partition coefficient (Wildman–Crippen LogP) is 4.97. The van der Waals surface area contributed by atoms with Crippen LogP contribution in [0.1, 0.15) is 30.0 Å². The van der Waals surface area contributed by atoms with Gasteiger partial charge in [-0.25, -0.2) is 13.8 Å². The number of carbonyl (C=O) groups excluding carboxylic acids is 1.